The molecule has 0 unspecified atom stereocenters. The van der Waals surface area contributed by atoms with Crippen molar-refractivity contribution in [2.45, 2.75) is 32.7 Å². The molecule has 8 nitrogen and oxygen atoms in total. The largest absolute Gasteiger partial charge is 0.493 e. The summed E-state index contributed by atoms with van der Waals surface area (Å²) in [6.07, 6.45) is 0. The number of fused-ring (bicyclic) bond motifs is 1. The highest BCUT2D eigenvalue weighted by atomic mass is 19.1. The van der Waals surface area contributed by atoms with Crippen molar-refractivity contribution in [3.63, 3.8) is 0 Å². The molecule has 3 rings (SSSR count). The van der Waals surface area contributed by atoms with Crippen molar-refractivity contribution in [1.82, 2.24) is 4.90 Å². The molecular formula is C26H31FN4O4. The lowest BCUT2D eigenvalue weighted by molar-refractivity contribution is 0.0962. The van der Waals surface area contributed by atoms with E-state index >= 15 is 4.39 Å². The maximum Gasteiger partial charge on any atom is 0.197 e. The van der Waals surface area contributed by atoms with Gasteiger partial charge in [-0.2, -0.15) is 5.26 Å². The Balaban J connectivity index is 1.98. The van der Waals surface area contributed by atoms with Gasteiger partial charge in [0.15, 0.2) is 29.7 Å². The van der Waals surface area contributed by atoms with E-state index in [0.29, 0.717) is 22.6 Å². The van der Waals surface area contributed by atoms with Crippen LogP contribution >= 0.6 is 0 Å². The lowest BCUT2D eigenvalue weighted by Gasteiger charge is -2.28. The maximum absolute atomic E-state index is 15.1. The number of Topliss-reactive ketones (excluding diaryl/α,β-unsaturated/α-hetero) is 1. The number of nitrogens with zero attached hydrogens (tertiary/aromatic N) is 3. The van der Waals surface area contributed by atoms with E-state index in [1.54, 1.807) is 18.2 Å². The molecule has 0 saturated carbocycles. The molecule has 0 aliphatic carbocycles. The van der Waals surface area contributed by atoms with Crippen molar-refractivity contribution in [3.05, 3.63) is 46.3 Å². The van der Waals surface area contributed by atoms with E-state index < -0.39 is 5.82 Å². The zero-order valence-electron chi connectivity index (χ0n) is 21.2. The summed E-state index contributed by atoms with van der Waals surface area (Å²) in [5, 5.41) is 17.6. The molecule has 9 heteroatoms. The maximum atomic E-state index is 15.1. The highest BCUT2D eigenvalue weighted by molar-refractivity contribution is 6.06. The van der Waals surface area contributed by atoms with E-state index in [0.717, 1.165) is 5.56 Å². The molecule has 0 amide bonds. The number of hydrogen-bond acceptors (Lipinski definition) is 7. The first kappa shape index (κ1) is 25.8. The van der Waals surface area contributed by atoms with E-state index in [2.05, 4.69) is 0 Å². The van der Waals surface area contributed by atoms with Gasteiger partial charge in [-0.25, -0.2) is 4.39 Å². The average Bonchev–Trinajstić information content (AvgIpc) is 3.11. The number of anilines is 1. The molecule has 1 aliphatic rings. The summed E-state index contributed by atoms with van der Waals surface area (Å²) in [7, 11) is 6.44. The Bertz CT molecular complexity index is 1210. The van der Waals surface area contributed by atoms with Crippen LogP contribution in [0.5, 0.6) is 17.2 Å². The summed E-state index contributed by atoms with van der Waals surface area (Å²) in [6, 6.07) is 7.14. The van der Waals surface area contributed by atoms with Crippen LogP contribution in [0.1, 0.15) is 47.8 Å². The first-order valence-corrected chi connectivity index (χ1v) is 11.1. The normalized spacial score (nSPS) is 12.8. The summed E-state index contributed by atoms with van der Waals surface area (Å²) < 4.78 is 31.2. The molecule has 186 valence electrons. The molecule has 0 aromatic heterocycles. The molecule has 35 heavy (non-hydrogen) atoms. The lowest BCUT2D eigenvalue weighted by Crippen LogP contribution is -2.31. The molecule has 0 atom stereocenters. The van der Waals surface area contributed by atoms with Gasteiger partial charge in [0.1, 0.15) is 17.7 Å². The van der Waals surface area contributed by atoms with Crippen LogP contribution in [0.25, 0.3) is 0 Å². The van der Waals surface area contributed by atoms with E-state index in [9.17, 15) is 4.79 Å². The van der Waals surface area contributed by atoms with E-state index in [4.69, 9.17) is 24.9 Å². The predicted octanol–water partition coefficient (Wildman–Crippen LogP) is 4.13. The van der Waals surface area contributed by atoms with E-state index in [1.165, 1.54) is 19.1 Å². The molecule has 1 heterocycles. The van der Waals surface area contributed by atoms with Crippen LogP contribution < -0.4 is 19.1 Å². The van der Waals surface area contributed by atoms with Crippen molar-refractivity contribution >= 4 is 17.3 Å². The Morgan fingerprint density at radius 2 is 1.89 bits per heavy atom. The minimum absolute atomic E-state index is 0.0671. The third-order valence-corrected chi connectivity index (χ3v) is 5.90. The second-order valence-electron chi connectivity index (χ2n) is 9.55. The standard InChI is InChI=1S/C26H31FN4O4/c1-26(2,3)17-10-15(11-18(30(4)5)23(17)35-9-8-28)19(32)14-31-13-16-12-20(33-6)24(34-7)22(27)21(16)25(31)29/h10-12,29H,9,13-14H2,1-7H3. The van der Waals surface area contributed by atoms with Crippen LogP contribution in [0.3, 0.4) is 0 Å². The molecule has 2 aromatic rings. The van der Waals surface area contributed by atoms with Crippen molar-refractivity contribution in [1.29, 1.82) is 10.7 Å². The third-order valence-electron chi connectivity index (χ3n) is 5.90. The number of benzene rings is 2. The minimum Gasteiger partial charge on any atom is -0.493 e. The predicted molar refractivity (Wildman–Crippen MR) is 132 cm³/mol. The van der Waals surface area contributed by atoms with Crippen LogP contribution in [0.15, 0.2) is 18.2 Å². The zero-order chi connectivity index (χ0) is 26.1. The second-order valence-corrected chi connectivity index (χ2v) is 9.55. The van der Waals surface area contributed by atoms with Crippen LogP contribution in [0, 0.1) is 22.6 Å². The Kier molecular flexibility index (Phi) is 7.25. The minimum atomic E-state index is -0.675. The Morgan fingerprint density at radius 3 is 2.43 bits per heavy atom. The number of hydrogen-bond donors (Lipinski definition) is 1. The highest BCUT2D eigenvalue weighted by Crippen LogP contribution is 2.41. The van der Waals surface area contributed by atoms with Gasteiger partial charge in [-0.15, -0.1) is 0 Å². The smallest absolute Gasteiger partial charge is 0.197 e. The van der Waals surface area contributed by atoms with Crippen LogP contribution in [-0.4, -0.2) is 58.0 Å². The topological polar surface area (TPSA) is 98.9 Å². The van der Waals surface area contributed by atoms with Crippen LogP contribution in [0.2, 0.25) is 0 Å². The number of ketones is 1. The first-order valence-electron chi connectivity index (χ1n) is 11.1. The number of nitrogens with one attached hydrogen (secondary N) is 1. The van der Waals surface area contributed by atoms with Gasteiger partial charge in [-0.3, -0.25) is 10.2 Å². The monoisotopic (exact) mass is 482 g/mol. The molecule has 0 radical (unpaired) electrons. The fraction of sp³-hybridized carbons (Fsp3) is 0.423. The number of nitriles is 1. The van der Waals surface area contributed by atoms with Crippen molar-refractivity contribution in [2.24, 2.45) is 0 Å². The van der Waals surface area contributed by atoms with Gasteiger partial charge >= 0.3 is 0 Å². The fourth-order valence-electron chi connectivity index (χ4n) is 4.14. The lowest BCUT2D eigenvalue weighted by atomic mass is 9.84. The SMILES string of the molecule is COc1cc2c(c(F)c1OC)C(=N)N(CC(=O)c1cc(N(C)C)c(OCC#N)c(C(C)(C)C)c1)C2. The number of methoxy groups -OCH3 is 2. The molecular weight excluding hydrogens is 451 g/mol. The number of ether oxygens (including phenoxy) is 3. The Labute approximate surface area is 205 Å². The highest BCUT2D eigenvalue weighted by Gasteiger charge is 2.33. The number of halogens is 1. The van der Waals surface area contributed by atoms with Crippen molar-refractivity contribution in [3.8, 4) is 23.3 Å². The van der Waals surface area contributed by atoms with Gasteiger partial charge < -0.3 is 24.0 Å². The average molecular weight is 483 g/mol. The van der Waals surface area contributed by atoms with E-state index in [1.807, 2.05) is 45.8 Å². The van der Waals surface area contributed by atoms with Crippen LogP contribution in [-0.2, 0) is 12.0 Å². The number of rotatable bonds is 8. The number of amidine groups is 1. The molecule has 0 saturated heterocycles. The van der Waals surface area contributed by atoms with Gasteiger partial charge in [-0.05, 0) is 29.2 Å². The summed E-state index contributed by atoms with van der Waals surface area (Å²) in [5.41, 5.74) is 2.22. The number of carbonyl (C=O) groups excluding carboxylic acids is 1. The molecule has 0 spiro atoms. The second kappa shape index (κ2) is 9.82. The molecule has 1 aliphatic heterocycles. The molecule has 2 aromatic carbocycles. The van der Waals surface area contributed by atoms with E-state index in [-0.39, 0.29) is 53.8 Å². The number of carbonyl (C=O) groups is 1. The van der Waals surface area contributed by atoms with Crippen LogP contribution in [0.4, 0.5) is 10.1 Å². The van der Waals surface area contributed by atoms with Gasteiger partial charge in [0, 0.05) is 31.8 Å². The first-order chi connectivity index (χ1) is 16.4. The Hall–Kier alpha value is -3.80. The van der Waals surface area contributed by atoms with Gasteiger partial charge in [0.25, 0.3) is 0 Å². The van der Waals surface area contributed by atoms with Gasteiger partial charge in [-0.1, -0.05) is 20.8 Å². The Morgan fingerprint density at radius 1 is 1.20 bits per heavy atom. The summed E-state index contributed by atoms with van der Waals surface area (Å²) in [4.78, 5) is 16.8. The van der Waals surface area contributed by atoms with Crippen molar-refractivity contribution in [2.75, 3.05) is 46.4 Å². The molecule has 0 fully saturated rings. The summed E-state index contributed by atoms with van der Waals surface area (Å²) in [5.74, 6) is -0.244. The molecule has 0 bridgehead atoms. The quantitative estimate of drug-likeness (QED) is 0.565. The third kappa shape index (κ3) is 4.87. The van der Waals surface area contributed by atoms with Crippen molar-refractivity contribution < 1.29 is 23.4 Å². The van der Waals surface area contributed by atoms with Gasteiger partial charge in [0.2, 0.25) is 0 Å². The van der Waals surface area contributed by atoms with Gasteiger partial charge in [0.05, 0.1) is 32.0 Å². The summed E-state index contributed by atoms with van der Waals surface area (Å²) in [6.45, 7) is 6.00. The summed E-state index contributed by atoms with van der Waals surface area (Å²) >= 11 is 0. The fourth-order valence-corrected chi connectivity index (χ4v) is 4.14. The molecule has 1 N–H and O–H groups in total. The zero-order valence-corrected chi connectivity index (χ0v) is 21.2.